The summed E-state index contributed by atoms with van der Waals surface area (Å²) < 4.78 is 0. The molecule has 4 N–H and O–H groups in total. The Morgan fingerprint density at radius 2 is 1.84 bits per heavy atom. The number of aryl methyl sites for hydroxylation is 2. The zero-order chi connectivity index (χ0) is 13.7. The maximum absolute atomic E-state index is 5.40. The Labute approximate surface area is 117 Å². The van der Waals surface area contributed by atoms with Crippen molar-refractivity contribution in [2.75, 3.05) is 10.7 Å². The second-order valence-corrected chi connectivity index (χ2v) is 5.38. The largest absolute Gasteiger partial charge is 0.365 e. The summed E-state index contributed by atoms with van der Waals surface area (Å²) in [7, 11) is 0. The van der Waals surface area contributed by atoms with Crippen LogP contribution in [-0.2, 0) is 19.4 Å². The smallest absolute Gasteiger partial charge is 0.145 e. The number of hydrogen-bond donors (Lipinski definition) is 3. The van der Waals surface area contributed by atoms with Crippen molar-refractivity contribution in [1.29, 1.82) is 0 Å². The van der Waals surface area contributed by atoms with E-state index in [2.05, 4.69) is 39.8 Å². The highest BCUT2D eigenvalue weighted by Gasteiger charge is 2.03. The van der Waals surface area contributed by atoms with Gasteiger partial charge in [0, 0.05) is 22.2 Å². The van der Waals surface area contributed by atoms with Crippen LogP contribution in [0.5, 0.6) is 0 Å². The molecule has 0 amide bonds. The molecular formula is C13H19N5S. The third-order valence-electron chi connectivity index (χ3n) is 2.75. The van der Waals surface area contributed by atoms with Crippen LogP contribution >= 0.6 is 11.3 Å². The van der Waals surface area contributed by atoms with Crippen LogP contribution in [0.1, 0.15) is 29.4 Å². The summed E-state index contributed by atoms with van der Waals surface area (Å²) in [6.45, 7) is 4.96. The number of hydrogen-bond acceptors (Lipinski definition) is 6. The first kappa shape index (κ1) is 13.8. The van der Waals surface area contributed by atoms with E-state index in [9.17, 15) is 0 Å². The molecule has 19 heavy (non-hydrogen) atoms. The summed E-state index contributed by atoms with van der Waals surface area (Å²) in [5.74, 6) is 7.61. The summed E-state index contributed by atoms with van der Waals surface area (Å²) in [4.78, 5) is 11.4. The highest BCUT2D eigenvalue weighted by Crippen LogP contribution is 2.18. The maximum Gasteiger partial charge on any atom is 0.145 e. The third-order valence-corrected chi connectivity index (χ3v) is 3.98. The molecule has 0 bridgehead atoms. The first-order chi connectivity index (χ1) is 9.25. The average molecular weight is 277 g/mol. The second-order valence-electron chi connectivity index (χ2n) is 4.13. The van der Waals surface area contributed by atoms with Crippen molar-refractivity contribution in [3.63, 3.8) is 0 Å². The number of thiophene rings is 1. The molecule has 0 saturated heterocycles. The van der Waals surface area contributed by atoms with Crippen LogP contribution in [0.25, 0.3) is 0 Å². The SMILES string of the molecule is CCc1nc(NN)cc(NCc2ccc(CC)s2)n1. The molecule has 0 spiro atoms. The van der Waals surface area contributed by atoms with Gasteiger partial charge in [0.15, 0.2) is 0 Å². The van der Waals surface area contributed by atoms with Crippen molar-refractivity contribution in [3.8, 4) is 0 Å². The number of nitrogen functional groups attached to an aromatic ring is 1. The van der Waals surface area contributed by atoms with E-state index in [-0.39, 0.29) is 0 Å². The van der Waals surface area contributed by atoms with Crippen molar-refractivity contribution in [1.82, 2.24) is 9.97 Å². The molecule has 2 heterocycles. The predicted octanol–water partition coefficient (Wildman–Crippen LogP) is 2.56. The molecule has 0 unspecified atom stereocenters. The predicted molar refractivity (Wildman–Crippen MR) is 80.2 cm³/mol. The summed E-state index contributed by atoms with van der Waals surface area (Å²) in [5, 5.41) is 3.31. The molecule has 0 saturated carbocycles. The van der Waals surface area contributed by atoms with E-state index >= 15 is 0 Å². The summed E-state index contributed by atoms with van der Waals surface area (Å²) in [6, 6.07) is 6.14. The van der Waals surface area contributed by atoms with Crippen molar-refractivity contribution in [3.05, 3.63) is 33.8 Å². The Balaban J connectivity index is 2.05. The van der Waals surface area contributed by atoms with Crippen molar-refractivity contribution >= 4 is 23.0 Å². The fourth-order valence-electron chi connectivity index (χ4n) is 1.70. The molecule has 0 fully saturated rings. The number of rotatable bonds is 6. The minimum atomic E-state index is 0.634. The number of hydrazine groups is 1. The zero-order valence-corrected chi connectivity index (χ0v) is 12.0. The van der Waals surface area contributed by atoms with Crippen molar-refractivity contribution < 1.29 is 0 Å². The van der Waals surface area contributed by atoms with E-state index in [1.54, 1.807) is 0 Å². The van der Waals surface area contributed by atoms with E-state index in [0.29, 0.717) is 5.82 Å². The van der Waals surface area contributed by atoms with E-state index in [1.807, 2.05) is 24.3 Å². The average Bonchev–Trinajstić information content (AvgIpc) is 2.92. The summed E-state index contributed by atoms with van der Waals surface area (Å²) in [5.41, 5.74) is 2.56. The highest BCUT2D eigenvalue weighted by atomic mass is 32.1. The first-order valence-corrected chi connectivity index (χ1v) is 7.22. The minimum Gasteiger partial charge on any atom is -0.365 e. The van der Waals surface area contributed by atoms with Gasteiger partial charge in [0.25, 0.3) is 0 Å². The molecular weight excluding hydrogens is 258 g/mol. The van der Waals surface area contributed by atoms with Crippen LogP contribution in [-0.4, -0.2) is 9.97 Å². The van der Waals surface area contributed by atoms with Gasteiger partial charge in [-0.15, -0.1) is 11.3 Å². The minimum absolute atomic E-state index is 0.634. The van der Waals surface area contributed by atoms with Crippen LogP contribution in [0.2, 0.25) is 0 Å². The Morgan fingerprint density at radius 3 is 2.47 bits per heavy atom. The molecule has 0 aliphatic carbocycles. The van der Waals surface area contributed by atoms with Gasteiger partial charge in [-0.1, -0.05) is 13.8 Å². The van der Waals surface area contributed by atoms with E-state index in [4.69, 9.17) is 5.84 Å². The topological polar surface area (TPSA) is 75.9 Å². The number of nitrogens with zero attached hydrogens (tertiary/aromatic N) is 2. The second kappa shape index (κ2) is 6.49. The lowest BCUT2D eigenvalue weighted by Gasteiger charge is -2.08. The fourth-order valence-corrected chi connectivity index (χ4v) is 2.60. The fraction of sp³-hybridized carbons (Fsp3) is 0.385. The Morgan fingerprint density at radius 1 is 1.11 bits per heavy atom. The lowest BCUT2D eigenvalue weighted by atomic mass is 10.3. The number of aromatic nitrogens is 2. The molecule has 2 rings (SSSR count). The summed E-state index contributed by atoms with van der Waals surface area (Å²) in [6.07, 6.45) is 1.86. The molecule has 0 radical (unpaired) electrons. The quantitative estimate of drug-likeness (QED) is 0.559. The molecule has 0 aliphatic rings. The number of nitrogens with two attached hydrogens (primary N) is 1. The third kappa shape index (κ3) is 3.65. The molecule has 2 aromatic heterocycles. The van der Waals surface area contributed by atoms with Crippen molar-refractivity contribution in [2.45, 2.75) is 33.2 Å². The molecule has 0 aromatic carbocycles. The lowest BCUT2D eigenvalue weighted by molar-refractivity contribution is 0.932. The molecule has 0 aliphatic heterocycles. The Hall–Kier alpha value is -1.66. The van der Waals surface area contributed by atoms with Crippen LogP contribution < -0.4 is 16.6 Å². The number of anilines is 2. The molecule has 0 atom stereocenters. The normalized spacial score (nSPS) is 10.5. The number of nitrogens with one attached hydrogen (secondary N) is 2. The Bertz CT molecular complexity index is 515. The summed E-state index contributed by atoms with van der Waals surface area (Å²) >= 11 is 1.83. The van der Waals surface area contributed by atoms with Gasteiger partial charge in [0.1, 0.15) is 17.5 Å². The van der Waals surface area contributed by atoms with E-state index in [0.717, 1.165) is 31.0 Å². The van der Waals surface area contributed by atoms with Gasteiger partial charge < -0.3 is 10.7 Å². The van der Waals surface area contributed by atoms with Gasteiger partial charge in [-0.2, -0.15) is 0 Å². The van der Waals surface area contributed by atoms with Crippen LogP contribution in [0.4, 0.5) is 11.6 Å². The molecule has 5 nitrogen and oxygen atoms in total. The van der Waals surface area contributed by atoms with Gasteiger partial charge in [-0.05, 0) is 18.6 Å². The van der Waals surface area contributed by atoms with Gasteiger partial charge in [-0.3, -0.25) is 0 Å². The van der Waals surface area contributed by atoms with E-state index < -0.39 is 0 Å². The van der Waals surface area contributed by atoms with Gasteiger partial charge in [0.2, 0.25) is 0 Å². The lowest BCUT2D eigenvalue weighted by Crippen LogP contribution is -2.12. The maximum atomic E-state index is 5.40. The van der Waals surface area contributed by atoms with Crippen LogP contribution in [0.15, 0.2) is 18.2 Å². The molecule has 6 heteroatoms. The zero-order valence-electron chi connectivity index (χ0n) is 11.2. The van der Waals surface area contributed by atoms with Crippen LogP contribution in [0, 0.1) is 0 Å². The van der Waals surface area contributed by atoms with Crippen molar-refractivity contribution in [2.24, 2.45) is 5.84 Å². The highest BCUT2D eigenvalue weighted by molar-refractivity contribution is 7.12. The van der Waals surface area contributed by atoms with Crippen LogP contribution in [0.3, 0.4) is 0 Å². The van der Waals surface area contributed by atoms with E-state index in [1.165, 1.54) is 9.75 Å². The molecule has 102 valence electrons. The first-order valence-electron chi connectivity index (χ1n) is 6.41. The van der Waals surface area contributed by atoms with Gasteiger partial charge >= 0.3 is 0 Å². The monoisotopic (exact) mass is 277 g/mol. The van der Waals surface area contributed by atoms with Gasteiger partial charge in [0.05, 0.1) is 6.54 Å². The molecule has 2 aromatic rings. The standard InChI is InChI=1S/C13H19N5S/c1-3-9-5-6-10(19-9)8-15-12-7-13(18-14)17-11(4-2)16-12/h5-7H,3-4,8,14H2,1-2H3,(H2,15,16,17,18). The Kier molecular flexibility index (Phi) is 4.70. The van der Waals surface area contributed by atoms with Gasteiger partial charge in [-0.25, -0.2) is 15.8 Å².